The maximum atomic E-state index is 11.0. The van der Waals surface area contributed by atoms with Crippen molar-refractivity contribution in [1.82, 2.24) is 0 Å². The lowest BCUT2D eigenvalue weighted by Gasteiger charge is -2.13. The molecule has 3 atom stereocenters. The number of carbonyl (C=O) groups excluding carboxylic acids is 1. The van der Waals surface area contributed by atoms with E-state index in [-0.39, 0.29) is 6.61 Å². The number of rotatable bonds is 2. The smallest absolute Gasteiger partial charge is 0.313 e. The zero-order chi connectivity index (χ0) is 9.14. The van der Waals surface area contributed by atoms with E-state index in [4.69, 9.17) is 9.47 Å². The van der Waals surface area contributed by atoms with Gasteiger partial charge in [0.15, 0.2) is 6.29 Å². The van der Waals surface area contributed by atoms with Crippen LogP contribution in [0.3, 0.4) is 0 Å². The molecule has 0 radical (unpaired) electrons. The Morgan fingerprint density at radius 1 is 1.58 bits per heavy atom. The Bertz CT molecular complexity index is 169. The first-order valence-corrected chi connectivity index (χ1v) is 3.61. The third-order valence-electron chi connectivity index (χ3n) is 1.87. The number of aliphatic hydroxyl groups excluding tert-OH is 1. The molecular formula is C7H12O5. The zero-order valence-electron chi connectivity index (χ0n) is 7.02. The van der Waals surface area contributed by atoms with Crippen LogP contribution in [0.1, 0.15) is 0 Å². The highest BCUT2D eigenvalue weighted by Gasteiger charge is 2.41. The molecule has 1 N–H and O–H groups in total. The summed E-state index contributed by atoms with van der Waals surface area (Å²) in [5, 5.41) is 9.40. The highest BCUT2D eigenvalue weighted by molar-refractivity contribution is 5.73. The average molecular weight is 176 g/mol. The first kappa shape index (κ1) is 9.44. The van der Waals surface area contributed by atoms with Crippen LogP contribution in [-0.4, -0.2) is 44.3 Å². The van der Waals surface area contributed by atoms with Crippen LogP contribution in [0.15, 0.2) is 0 Å². The van der Waals surface area contributed by atoms with Crippen molar-refractivity contribution in [2.75, 3.05) is 20.8 Å². The summed E-state index contributed by atoms with van der Waals surface area (Å²) in [5.41, 5.74) is 0. The lowest BCUT2D eigenvalue weighted by Crippen LogP contribution is -2.32. The Kier molecular flexibility index (Phi) is 3.02. The van der Waals surface area contributed by atoms with E-state index in [1.807, 2.05) is 0 Å². The third kappa shape index (κ3) is 1.57. The van der Waals surface area contributed by atoms with E-state index < -0.39 is 24.3 Å². The van der Waals surface area contributed by atoms with Gasteiger partial charge >= 0.3 is 5.97 Å². The number of esters is 1. The molecule has 0 aromatic heterocycles. The average Bonchev–Trinajstić information content (AvgIpc) is 2.45. The van der Waals surface area contributed by atoms with Crippen molar-refractivity contribution in [3.63, 3.8) is 0 Å². The molecule has 0 aromatic carbocycles. The highest BCUT2D eigenvalue weighted by Crippen LogP contribution is 2.21. The zero-order valence-corrected chi connectivity index (χ0v) is 7.02. The molecule has 0 amide bonds. The number of hydrogen-bond acceptors (Lipinski definition) is 5. The second-order valence-corrected chi connectivity index (χ2v) is 2.56. The number of ether oxygens (including phenoxy) is 3. The molecule has 1 saturated heterocycles. The van der Waals surface area contributed by atoms with Gasteiger partial charge in [-0.15, -0.1) is 0 Å². The van der Waals surface area contributed by atoms with Gasteiger partial charge in [-0.3, -0.25) is 4.79 Å². The van der Waals surface area contributed by atoms with Gasteiger partial charge in [-0.25, -0.2) is 0 Å². The Hall–Kier alpha value is -0.650. The number of aliphatic hydroxyl groups is 1. The first-order valence-electron chi connectivity index (χ1n) is 3.61. The lowest BCUT2D eigenvalue weighted by atomic mass is 10.1. The van der Waals surface area contributed by atoms with Gasteiger partial charge in [0.1, 0.15) is 12.0 Å². The second kappa shape index (κ2) is 3.84. The van der Waals surface area contributed by atoms with Gasteiger partial charge < -0.3 is 19.3 Å². The van der Waals surface area contributed by atoms with Gasteiger partial charge in [0.05, 0.1) is 13.7 Å². The van der Waals surface area contributed by atoms with Crippen LogP contribution in [0.25, 0.3) is 0 Å². The van der Waals surface area contributed by atoms with Crippen LogP contribution in [0.4, 0.5) is 0 Å². The summed E-state index contributed by atoms with van der Waals surface area (Å²) in [7, 11) is 2.68. The topological polar surface area (TPSA) is 65.0 Å². The molecule has 0 aromatic rings. The van der Waals surface area contributed by atoms with Crippen LogP contribution >= 0.6 is 0 Å². The summed E-state index contributed by atoms with van der Waals surface area (Å²) >= 11 is 0. The molecule has 1 fully saturated rings. The van der Waals surface area contributed by atoms with Crippen LogP contribution in [0.2, 0.25) is 0 Å². The Morgan fingerprint density at radius 3 is 2.67 bits per heavy atom. The molecule has 1 heterocycles. The fourth-order valence-corrected chi connectivity index (χ4v) is 1.15. The standard InChI is InChI=1S/C7H12O5/c1-10-6(9)4-3-12-7(11-2)5(4)8/h4-5,7-8H,3H2,1-2H3/t4-,5?,7?/m1/s1. The van der Waals surface area contributed by atoms with Gasteiger partial charge in [-0.05, 0) is 0 Å². The molecule has 2 unspecified atom stereocenters. The van der Waals surface area contributed by atoms with E-state index >= 15 is 0 Å². The molecule has 0 aliphatic carbocycles. The van der Waals surface area contributed by atoms with E-state index in [1.54, 1.807) is 0 Å². The van der Waals surface area contributed by atoms with Gasteiger partial charge in [0.25, 0.3) is 0 Å². The minimum absolute atomic E-state index is 0.145. The molecule has 5 heteroatoms. The summed E-state index contributed by atoms with van der Waals surface area (Å²) in [5.74, 6) is -1.10. The lowest BCUT2D eigenvalue weighted by molar-refractivity contribution is -0.151. The predicted molar refractivity (Wildman–Crippen MR) is 38.3 cm³/mol. The van der Waals surface area contributed by atoms with Crippen molar-refractivity contribution in [2.45, 2.75) is 12.4 Å². The van der Waals surface area contributed by atoms with Crippen LogP contribution in [0, 0.1) is 5.92 Å². The number of methoxy groups -OCH3 is 2. The summed E-state index contributed by atoms with van der Waals surface area (Å²) in [4.78, 5) is 11.0. The van der Waals surface area contributed by atoms with Gasteiger partial charge in [-0.2, -0.15) is 0 Å². The fraction of sp³-hybridized carbons (Fsp3) is 0.857. The SMILES string of the molecule is COC(=O)[C@@H]1COC(OC)C1O. The Balaban J connectivity index is 2.54. The summed E-state index contributed by atoms with van der Waals surface area (Å²) in [6.07, 6.45) is -1.64. The van der Waals surface area contributed by atoms with E-state index in [0.717, 1.165) is 0 Å². The van der Waals surface area contributed by atoms with E-state index in [1.165, 1.54) is 14.2 Å². The second-order valence-electron chi connectivity index (χ2n) is 2.56. The quantitative estimate of drug-likeness (QED) is 0.554. The van der Waals surface area contributed by atoms with Crippen LogP contribution in [-0.2, 0) is 19.0 Å². The molecular weight excluding hydrogens is 164 g/mol. The van der Waals surface area contributed by atoms with Gasteiger partial charge in [0, 0.05) is 7.11 Å². The van der Waals surface area contributed by atoms with Gasteiger partial charge in [-0.1, -0.05) is 0 Å². The van der Waals surface area contributed by atoms with Crippen LogP contribution < -0.4 is 0 Å². The third-order valence-corrected chi connectivity index (χ3v) is 1.87. The Morgan fingerprint density at radius 2 is 2.25 bits per heavy atom. The molecule has 1 aliphatic heterocycles. The largest absolute Gasteiger partial charge is 0.469 e. The molecule has 1 aliphatic rings. The molecule has 12 heavy (non-hydrogen) atoms. The predicted octanol–water partition coefficient (Wildman–Crippen LogP) is -0.861. The maximum Gasteiger partial charge on any atom is 0.313 e. The molecule has 0 bridgehead atoms. The minimum atomic E-state index is -0.928. The molecule has 0 spiro atoms. The molecule has 5 nitrogen and oxygen atoms in total. The monoisotopic (exact) mass is 176 g/mol. The molecule has 0 saturated carbocycles. The van der Waals surface area contributed by atoms with Crippen molar-refractivity contribution < 1.29 is 24.1 Å². The number of carbonyl (C=O) groups is 1. The first-order chi connectivity index (χ1) is 5.70. The summed E-state index contributed by atoms with van der Waals surface area (Å²) in [6.45, 7) is 0.145. The van der Waals surface area contributed by atoms with Gasteiger partial charge in [0.2, 0.25) is 0 Å². The summed E-state index contributed by atoms with van der Waals surface area (Å²) in [6, 6.07) is 0. The number of hydrogen-bond donors (Lipinski definition) is 1. The maximum absolute atomic E-state index is 11.0. The molecule has 70 valence electrons. The highest BCUT2D eigenvalue weighted by atomic mass is 16.7. The van der Waals surface area contributed by atoms with E-state index in [2.05, 4.69) is 4.74 Å². The van der Waals surface area contributed by atoms with E-state index in [0.29, 0.717) is 0 Å². The van der Waals surface area contributed by atoms with Crippen molar-refractivity contribution in [3.05, 3.63) is 0 Å². The Labute approximate surface area is 70.2 Å². The van der Waals surface area contributed by atoms with Crippen molar-refractivity contribution in [1.29, 1.82) is 0 Å². The minimum Gasteiger partial charge on any atom is -0.469 e. The van der Waals surface area contributed by atoms with Crippen LogP contribution in [0.5, 0.6) is 0 Å². The summed E-state index contributed by atoms with van der Waals surface area (Å²) < 4.78 is 14.2. The molecule has 1 rings (SSSR count). The van der Waals surface area contributed by atoms with Crippen molar-refractivity contribution in [3.8, 4) is 0 Å². The van der Waals surface area contributed by atoms with Crippen molar-refractivity contribution in [2.24, 2.45) is 5.92 Å². The van der Waals surface area contributed by atoms with E-state index in [9.17, 15) is 9.90 Å². The normalized spacial score (nSPS) is 35.1. The fourth-order valence-electron chi connectivity index (χ4n) is 1.15. The van der Waals surface area contributed by atoms with Crippen molar-refractivity contribution >= 4 is 5.97 Å².